The maximum atomic E-state index is 12.5. The van der Waals surface area contributed by atoms with Crippen LogP contribution in [-0.2, 0) is 16.5 Å². The summed E-state index contributed by atoms with van der Waals surface area (Å²) in [6.45, 7) is 4.89. The molecule has 0 atom stereocenters. The molecule has 9 heteroatoms. The summed E-state index contributed by atoms with van der Waals surface area (Å²) in [6.07, 6.45) is -4.14. The van der Waals surface area contributed by atoms with Gasteiger partial charge in [-0.05, 0) is 20.8 Å². The zero-order chi connectivity index (χ0) is 16.1. The van der Waals surface area contributed by atoms with Gasteiger partial charge in [0.2, 0.25) is 0 Å². The Labute approximate surface area is 123 Å². The number of carbonyl (C=O) groups is 1. The van der Waals surface area contributed by atoms with Gasteiger partial charge in [-0.25, -0.2) is 9.78 Å². The van der Waals surface area contributed by atoms with Gasteiger partial charge < -0.3 is 14.7 Å². The molecule has 0 unspecified atom stereocenters. The molecule has 5 nitrogen and oxygen atoms in total. The number of β-amino-alcohol motifs (C(OH)–C–C–N with tert-alkyl or cyclic N) is 1. The fraction of sp³-hybridized carbons (Fsp3) is 0.667. The molecule has 1 amide bonds. The summed E-state index contributed by atoms with van der Waals surface area (Å²) in [4.78, 5) is 16.3. The Morgan fingerprint density at radius 1 is 1.43 bits per heavy atom. The number of carbonyl (C=O) groups excluding carboxylic acids is 1. The Balaban J connectivity index is 2.01. The normalized spacial score (nSPS) is 18.3. The number of likely N-dealkylation sites (tertiary alicyclic amines) is 1. The van der Waals surface area contributed by atoms with Crippen molar-refractivity contribution in [1.29, 1.82) is 0 Å². The molecule has 1 saturated heterocycles. The molecular formula is C12H15F3N2O3S. The molecule has 1 aromatic rings. The van der Waals surface area contributed by atoms with Crippen LogP contribution in [0.1, 0.15) is 30.7 Å². The van der Waals surface area contributed by atoms with Gasteiger partial charge in [-0.15, -0.1) is 11.3 Å². The largest absolute Gasteiger partial charge is 0.444 e. The number of alkyl halides is 3. The highest BCUT2D eigenvalue weighted by Crippen LogP contribution is 2.40. The first kappa shape index (κ1) is 16.0. The number of ether oxygens (including phenoxy) is 1. The number of halogens is 3. The van der Waals surface area contributed by atoms with Gasteiger partial charge in [0.25, 0.3) is 0 Å². The monoisotopic (exact) mass is 324 g/mol. The first-order valence-corrected chi connectivity index (χ1v) is 6.96. The third-order valence-corrected chi connectivity index (χ3v) is 4.00. The second kappa shape index (κ2) is 4.84. The molecule has 0 aromatic carbocycles. The first-order chi connectivity index (χ1) is 9.41. The summed E-state index contributed by atoms with van der Waals surface area (Å²) in [5, 5.41) is 9.22. The summed E-state index contributed by atoms with van der Waals surface area (Å²) in [7, 11) is 0. The van der Waals surface area contributed by atoms with E-state index in [1.54, 1.807) is 20.8 Å². The summed E-state index contributed by atoms with van der Waals surface area (Å²) in [5.74, 6) is 0. The van der Waals surface area contributed by atoms with Crippen LogP contribution in [0.2, 0.25) is 0 Å². The molecule has 0 radical (unpaired) electrons. The number of aromatic nitrogens is 1. The van der Waals surface area contributed by atoms with Crippen molar-refractivity contribution in [2.45, 2.75) is 38.1 Å². The Morgan fingerprint density at radius 3 is 2.43 bits per heavy atom. The summed E-state index contributed by atoms with van der Waals surface area (Å²) in [5.41, 5.74) is -2.16. The van der Waals surface area contributed by atoms with Crippen LogP contribution in [0.25, 0.3) is 0 Å². The van der Waals surface area contributed by atoms with E-state index in [1.165, 1.54) is 4.90 Å². The van der Waals surface area contributed by atoms with Crippen molar-refractivity contribution in [2.75, 3.05) is 13.1 Å². The Bertz CT molecular complexity index is 545. The minimum Gasteiger partial charge on any atom is -0.444 e. The van der Waals surface area contributed by atoms with E-state index in [2.05, 4.69) is 4.98 Å². The number of amides is 1. The van der Waals surface area contributed by atoms with Crippen LogP contribution >= 0.6 is 11.3 Å². The number of thiazole rings is 1. The highest BCUT2D eigenvalue weighted by atomic mass is 32.1. The highest BCUT2D eigenvalue weighted by molar-refractivity contribution is 7.11. The molecule has 2 heterocycles. The minimum atomic E-state index is -4.53. The zero-order valence-electron chi connectivity index (χ0n) is 11.7. The lowest BCUT2D eigenvalue weighted by atomic mass is 9.93. The average Bonchev–Trinajstić information content (AvgIpc) is 2.70. The van der Waals surface area contributed by atoms with E-state index in [4.69, 9.17) is 4.74 Å². The summed E-state index contributed by atoms with van der Waals surface area (Å²) >= 11 is 0.385. The fourth-order valence-electron chi connectivity index (χ4n) is 1.82. The van der Waals surface area contributed by atoms with Crippen molar-refractivity contribution in [3.63, 3.8) is 0 Å². The van der Waals surface area contributed by atoms with E-state index in [0.717, 1.165) is 6.20 Å². The molecule has 1 fully saturated rings. The Hall–Kier alpha value is -1.35. The van der Waals surface area contributed by atoms with Crippen LogP contribution in [0.15, 0.2) is 6.20 Å². The van der Waals surface area contributed by atoms with Gasteiger partial charge in [-0.3, -0.25) is 0 Å². The maximum absolute atomic E-state index is 12.5. The smallest absolute Gasteiger partial charge is 0.443 e. The summed E-state index contributed by atoms with van der Waals surface area (Å²) < 4.78 is 42.6. The second-order valence-electron chi connectivity index (χ2n) is 5.90. The van der Waals surface area contributed by atoms with E-state index in [1.807, 2.05) is 0 Å². The molecule has 2 rings (SSSR count). The predicted octanol–water partition coefficient (Wildman–Crippen LogP) is 2.60. The van der Waals surface area contributed by atoms with E-state index >= 15 is 0 Å². The molecule has 1 N–H and O–H groups in total. The topological polar surface area (TPSA) is 62.7 Å². The van der Waals surface area contributed by atoms with Crippen LogP contribution in [0.4, 0.5) is 18.0 Å². The quantitative estimate of drug-likeness (QED) is 0.862. The van der Waals surface area contributed by atoms with Gasteiger partial charge in [0.1, 0.15) is 11.2 Å². The van der Waals surface area contributed by atoms with Crippen molar-refractivity contribution >= 4 is 17.4 Å². The average molecular weight is 324 g/mol. The molecule has 1 aliphatic heterocycles. The van der Waals surface area contributed by atoms with Crippen molar-refractivity contribution in [3.05, 3.63) is 16.1 Å². The minimum absolute atomic E-state index is 0.0923. The van der Waals surface area contributed by atoms with Gasteiger partial charge in [0, 0.05) is 6.20 Å². The number of nitrogens with zero attached hydrogens (tertiary/aromatic N) is 2. The predicted molar refractivity (Wildman–Crippen MR) is 68.8 cm³/mol. The number of rotatable bonds is 1. The lowest BCUT2D eigenvalue weighted by molar-refractivity contribution is -0.137. The van der Waals surface area contributed by atoms with Crippen LogP contribution in [0, 0.1) is 0 Å². The van der Waals surface area contributed by atoms with Crippen LogP contribution in [0.3, 0.4) is 0 Å². The van der Waals surface area contributed by atoms with E-state index in [9.17, 15) is 23.1 Å². The molecule has 21 heavy (non-hydrogen) atoms. The van der Waals surface area contributed by atoms with Gasteiger partial charge in [-0.1, -0.05) is 0 Å². The fourth-order valence-corrected chi connectivity index (χ4v) is 2.67. The van der Waals surface area contributed by atoms with Gasteiger partial charge >= 0.3 is 12.3 Å². The maximum Gasteiger partial charge on any atom is 0.443 e. The first-order valence-electron chi connectivity index (χ1n) is 6.14. The molecule has 0 aliphatic carbocycles. The molecule has 0 bridgehead atoms. The third-order valence-electron chi connectivity index (χ3n) is 2.76. The van der Waals surface area contributed by atoms with Crippen molar-refractivity contribution < 1.29 is 27.8 Å². The lowest BCUT2D eigenvalue weighted by Gasteiger charge is -2.45. The van der Waals surface area contributed by atoms with Crippen molar-refractivity contribution in [1.82, 2.24) is 9.88 Å². The number of aliphatic hydroxyl groups is 1. The van der Waals surface area contributed by atoms with Crippen molar-refractivity contribution in [3.8, 4) is 0 Å². The second-order valence-corrected chi connectivity index (χ2v) is 6.93. The van der Waals surface area contributed by atoms with E-state index in [0.29, 0.717) is 11.3 Å². The molecule has 0 saturated carbocycles. The van der Waals surface area contributed by atoms with Crippen LogP contribution in [-0.4, -0.2) is 39.8 Å². The van der Waals surface area contributed by atoms with Gasteiger partial charge in [0.05, 0.1) is 18.0 Å². The standard InChI is InChI=1S/C12H15F3N2O3S/c1-10(2,3)20-9(18)17-5-11(19,6-17)7-4-16-8(21-7)12(13,14)15/h4,19H,5-6H2,1-3H3. The van der Waals surface area contributed by atoms with Crippen molar-refractivity contribution in [2.24, 2.45) is 0 Å². The molecule has 0 spiro atoms. The van der Waals surface area contributed by atoms with E-state index in [-0.39, 0.29) is 18.0 Å². The lowest BCUT2D eigenvalue weighted by Crippen LogP contribution is -2.61. The third kappa shape index (κ3) is 3.46. The molecule has 118 valence electrons. The SMILES string of the molecule is CC(C)(C)OC(=O)N1CC(O)(c2cnc(C(F)(F)F)s2)C1. The van der Waals surface area contributed by atoms with E-state index < -0.39 is 28.5 Å². The summed E-state index contributed by atoms with van der Waals surface area (Å²) in [6, 6.07) is 0. The van der Waals surface area contributed by atoms with Crippen LogP contribution < -0.4 is 0 Å². The Kier molecular flexibility index (Phi) is 3.69. The van der Waals surface area contributed by atoms with Gasteiger partial charge in [0.15, 0.2) is 5.01 Å². The highest BCUT2D eigenvalue weighted by Gasteiger charge is 2.49. The molecule has 1 aromatic heterocycles. The number of hydrogen-bond donors (Lipinski definition) is 1. The Morgan fingerprint density at radius 2 is 2.00 bits per heavy atom. The van der Waals surface area contributed by atoms with Gasteiger partial charge in [-0.2, -0.15) is 13.2 Å². The molecule has 1 aliphatic rings. The molecular weight excluding hydrogens is 309 g/mol. The zero-order valence-corrected chi connectivity index (χ0v) is 12.5. The number of hydrogen-bond acceptors (Lipinski definition) is 5. The van der Waals surface area contributed by atoms with Crippen LogP contribution in [0.5, 0.6) is 0 Å².